The summed E-state index contributed by atoms with van der Waals surface area (Å²) in [5.41, 5.74) is 1.56. The minimum Gasteiger partial charge on any atom is -0.496 e. The fourth-order valence-corrected chi connectivity index (χ4v) is 4.42. The van der Waals surface area contributed by atoms with Crippen LogP contribution in [0.4, 0.5) is 14.5 Å². The topological polar surface area (TPSA) is 117 Å². The maximum absolute atomic E-state index is 14.3. The molecule has 0 unspecified atom stereocenters. The van der Waals surface area contributed by atoms with Crippen molar-refractivity contribution >= 4 is 52.3 Å². The molecule has 0 spiro atoms. The van der Waals surface area contributed by atoms with E-state index in [-0.39, 0.29) is 34.5 Å². The third-order valence-corrected chi connectivity index (χ3v) is 6.48. The molecule has 5 aromatic rings. The first-order valence-corrected chi connectivity index (χ1v) is 12.6. The molecular formula is C26H19Cl2F2N5O5S. The molecule has 0 aliphatic carbocycles. The Morgan fingerprint density at radius 2 is 1.73 bits per heavy atom. The zero-order valence-electron chi connectivity index (χ0n) is 21.2. The van der Waals surface area contributed by atoms with E-state index in [0.717, 1.165) is 11.6 Å². The summed E-state index contributed by atoms with van der Waals surface area (Å²) < 4.78 is 46.3. The van der Waals surface area contributed by atoms with Crippen LogP contribution in [0.15, 0.2) is 60.9 Å². The van der Waals surface area contributed by atoms with Crippen molar-refractivity contribution in [3.05, 3.63) is 103 Å². The van der Waals surface area contributed by atoms with Crippen molar-refractivity contribution in [1.29, 1.82) is 0 Å². The first-order valence-electron chi connectivity index (χ1n) is 11.5. The van der Waals surface area contributed by atoms with Gasteiger partial charge in [-0.2, -0.15) is 0 Å². The third-order valence-electron chi connectivity index (χ3n) is 5.60. The van der Waals surface area contributed by atoms with E-state index in [0.29, 0.717) is 26.9 Å². The Morgan fingerprint density at radius 1 is 1.02 bits per heavy atom. The van der Waals surface area contributed by atoms with Gasteiger partial charge >= 0.3 is 5.69 Å². The fraction of sp³-hybridized carbons (Fsp3) is 0.115. The van der Waals surface area contributed by atoms with Gasteiger partial charge in [0.25, 0.3) is 0 Å². The van der Waals surface area contributed by atoms with Gasteiger partial charge in [0.2, 0.25) is 5.15 Å². The number of fused-ring (bicyclic) bond motifs is 1. The van der Waals surface area contributed by atoms with E-state index >= 15 is 0 Å². The second-order valence-electron chi connectivity index (χ2n) is 8.00. The van der Waals surface area contributed by atoms with E-state index in [1.807, 2.05) is 6.07 Å². The highest BCUT2D eigenvalue weighted by molar-refractivity contribution is 7.71. The SMILES string of the molecule is COc1cc(Cl)c(-n2c(=S)[nH]c3cccnc32)cc1OCc1c(OC)ccc(F)c1F.O=[N+]([O-])c1cccnc1Cl. The van der Waals surface area contributed by atoms with E-state index in [4.69, 9.17) is 49.6 Å². The number of ether oxygens (including phenoxy) is 3. The maximum Gasteiger partial charge on any atom is 0.306 e. The van der Waals surface area contributed by atoms with Crippen LogP contribution in [0.2, 0.25) is 10.2 Å². The maximum atomic E-state index is 14.3. The van der Waals surface area contributed by atoms with Crippen LogP contribution in [0.3, 0.4) is 0 Å². The quantitative estimate of drug-likeness (QED) is 0.0873. The van der Waals surface area contributed by atoms with Gasteiger partial charge in [-0.15, -0.1) is 0 Å². The molecule has 0 fully saturated rings. The number of H-pyrrole nitrogens is 1. The summed E-state index contributed by atoms with van der Waals surface area (Å²) in [6, 6.07) is 11.9. The van der Waals surface area contributed by atoms with E-state index in [1.54, 1.807) is 29.0 Å². The second-order valence-corrected chi connectivity index (χ2v) is 9.15. The van der Waals surface area contributed by atoms with Gasteiger partial charge in [-0.05, 0) is 42.5 Å². The van der Waals surface area contributed by atoms with Crippen molar-refractivity contribution in [3.63, 3.8) is 0 Å². The summed E-state index contributed by atoms with van der Waals surface area (Å²) in [6.07, 6.45) is 3.03. The average molecular weight is 622 g/mol. The number of methoxy groups -OCH3 is 2. The Labute approximate surface area is 246 Å². The number of halogens is 4. The number of aromatic nitrogens is 4. The van der Waals surface area contributed by atoms with Crippen LogP contribution in [0.25, 0.3) is 16.9 Å². The number of benzene rings is 2. The second kappa shape index (κ2) is 12.9. The molecule has 3 heterocycles. The van der Waals surface area contributed by atoms with Crippen LogP contribution in [0.1, 0.15) is 5.56 Å². The molecule has 1 N–H and O–H groups in total. The zero-order valence-corrected chi connectivity index (χ0v) is 23.6. The molecule has 15 heteroatoms. The minimum atomic E-state index is -1.05. The number of nitrogens with one attached hydrogen (secondary N) is 1. The summed E-state index contributed by atoms with van der Waals surface area (Å²) >= 11 is 17.3. The van der Waals surface area contributed by atoms with Crippen LogP contribution in [-0.4, -0.2) is 38.7 Å². The van der Waals surface area contributed by atoms with Crippen molar-refractivity contribution in [2.45, 2.75) is 6.61 Å². The van der Waals surface area contributed by atoms with Crippen LogP contribution in [-0.2, 0) is 6.61 Å². The van der Waals surface area contributed by atoms with Crippen molar-refractivity contribution in [2.24, 2.45) is 0 Å². The fourth-order valence-electron chi connectivity index (χ4n) is 3.70. The first kappa shape index (κ1) is 29.6. The number of nitrogens with zero attached hydrogens (tertiary/aromatic N) is 4. The lowest BCUT2D eigenvalue weighted by molar-refractivity contribution is -0.385. The van der Waals surface area contributed by atoms with E-state index < -0.39 is 16.6 Å². The monoisotopic (exact) mass is 621 g/mol. The molecule has 0 atom stereocenters. The summed E-state index contributed by atoms with van der Waals surface area (Å²) in [5.74, 6) is -1.33. The number of imidazole rings is 1. The Bertz CT molecular complexity index is 1800. The Balaban J connectivity index is 0.000000328. The molecule has 0 saturated carbocycles. The van der Waals surface area contributed by atoms with Crippen molar-refractivity contribution in [3.8, 4) is 22.9 Å². The van der Waals surface area contributed by atoms with E-state index in [9.17, 15) is 18.9 Å². The van der Waals surface area contributed by atoms with Gasteiger partial charge in [0.1, 0.15) is 12.4 Å². The van der Waals surface area contributed by atoms with Crippen molar-refractivity contribution in [2.75, 3.05) is 14.2 Å². The lowest BCUT2D eigenvalue weighted by atomic mass is 10.2. The summed E-state index contributed by atoms with van der Waals surface area (Å²) in [6.45, 7) is -0.304. The number of nitro groups is 1. The van der Waals surface area contributed by atoms with Gasteiger partial charge in [-0.1, -0.05) is 23.2 Å². The molecule has 3 aromatic heterocycles. The van der Waals surface area contributed by atoms with E-state index in [1.165, 1.54) is 38.6 Å². The first-order chi connectivity index (χ1) is 19.7. The Kier molecular flexibility index (Phi) is 9.32. The lowest BCUT2D eigenvalue weighted by Gasteiger charge is -2.16. The highest BCUT2D eigenvalue weighted by atomic mass is 35.5. The summed E-state index contributed by atoms with van der Waals surface area (Å²) in [5, 5.41) is 10.4. The smallest absolute Gasteiger partial charge is 0.306 e. The summed E-state index contributed by atoms with van der Waals surface area (Å²) in [4.78, 5) is 20.5. The predicted octanol–water partition coefficient (Wildman–Crippen LogP) is 7.25. The predicted molar refractivity (Wildman–Crippen MR) is 151 cm³/mol. The van der Waals surface area contributed by atoms with Gasteiger partial charge < -0.3 is 19.2 Å². The largest absolute Gasteiger partial charge is 0.496 e. The number of hydrogen-bond acceptors (Lipinski definition) is 8. The molecule has 5 rings (SSSR count). The van der Waals surface area contributed by atoms with Gasteiger partial charge in [-0.25, -0.2) is 18.7 Å². The molecular weight excluding hydrogens is 603 g/mol. The van der Waals surface area contributed by atoms with Crippen LogP contribution >= 0.6 is 35.4 Å². The summed E-state index contributed by atoms with van der Waals surface area (Å²) in [7, 11) is 2.81. The highest BCUT2D eigenvalue weighted by Crippen LogP contribution is 2.37. The van der Waals surface area contributed by atoms with Crippen LogP contribution < -0.4 is 14.2 Å². The van der Waals surface area contributed by atoms with Gasteiger partial charge in [0.15, 0.2) is 33.6 Å². The molecule has 0 aliphatic heterocycles. The minimum absolute atomic E-state index is 0.0635. The van der Waals surface area contributed by atoms with Gasteiger partial charge in [0.05, 0.1) is 40.9 Å². The van der Waals surface area contributed by atoms with Crippen molar-refractivity contribution < 1.29 is 27.9 Å². The average Bonchev–Trinajstić information content (AvgIpc) is 3.30. The molecule has 41 heavy (non-hydrogen) atoms. The molecule has 10 nitrogen and oxygen atoms in total. The normalized spacial score (nSPS) is 10.6. The lowest BCUT2D eigenvalue weighted by Crippen LogP contribution is -2.05. The van der Waals surface area contributed by atoms with Crippen LogP contribution in [0, 0.1) is 26.5 Å². The number of rotatable bonds is 7. The molecule has 212 valence electrons. The molecule has 2 aromatic carbocycles. The van der Waals surface area contributed by atoms with E-state index in [2.05, 4.69) is 15.0 Å². The van der Waals surface area contributed by atoms with Gasteiger partial charge in [0, 0.05) is 30.6 Å². The zero-order chi connectivity index (χ0) is 29.7. The molecule has 0 aliphatic rings. The van der Waals surface area contributed by atoms with Crippen molar-refractivity contribution in [1.82, 2.24) is 19.5 Å². The third kappa shape index (κ3) is 6.37. The highest BCUT2D eigenvalue weighted by Gasteiger charge is 2.19. The standard InChI is InChI=1S/C21H16ClF2N3O3S.C5H3ClN2O2/c1-28-16-6-5-13(23)19(24)11(16)10-30-18-9-15(12(22)8-17(18)29-2)27-20-14(26-21(27)31)4-3-7-25-20;6-5-4(8(9)10)2-1-3-7-5/h3-9H,10H2,1-2H3,(H,26,31);1-3H. The van der Waals surface area contributed by atoms with Gasteiger partial charge in [-0.3, -0.25) is 14.7 Å². The molecule has 0 amide bonds. The number of hydrogen-bond donors (Lipinski definition) is 1. The Morgan fingerprint density at radius 3 is 2.39 bits per heavy atom. The molecule has 0 radical (unpaired) electrons. The molecule has 0 saturated heterocycles. The number of aromatic amines is 1. The molecule has 0 bridgehead atoms. The van der Waals surface area contributed by atoms with Crippen LogP contribution in [0.5, 0.6) is 17.2 Å². The Hall–Kier alpha value is -4.33. The number of pyridine rings is 2.